The summed E-state index contributed by atoms with van der Waals surface area (Å²) in [6.45, 7) is -2.18. The summed E-state index contributed by atoms with van der Waals surface area (Å²) in [4.78, 5) is 15.5. The molecule has 1 saturated carbocycles. The predicted octanol–water partition coefficient (Wildman–Crippen LogP) is 1.76. The van der Waals surface area contributed by atoms with Crippen LogP contribution in [0.25, 0.3) is 0 Å². The maximum Gasteiger partial charge on any atom is 0.388 e. The number of amides is 1. The van der Waals surface area contributed by atoms with Crippen LogP contribution in [0.15, 0.2) is 18.3 Å². The number of nitrogens with zero attached hydrogens (tertiary/aromatic N) is 1. The summed E-state index contributed by atoms with van der Waals surface area (Å²) in [5, 5.41) is 5.95. The van der Waals surface area contributed by atoms with Gasteiger partial charge < -0.3 is 15.4 Å². The zero-order valence-electron chi connectivity index (χ0n) is 10.7. The van der Waals surface area contributed by atoms with Crippen LogP contribution in [0, 0.1) is 5.41 Å². The topological polar surface area (TPSA) is 63.2 Å². The van der Waals surface area contributed by atoms with E-state index in [1.165, 1.54) is 6.20 Å². The smallest absolute Gasteiger partial charge is 0.388 e. The fraction of sp³-hybridized carbons (Fsp3) is 0.538. The quantitative estimate of drug-likeness (QED) is 0.884. The molecule has 1 aliphatic heterocycles. The second-order valence-electron chi connectivity index (χ2n) is 5.27. The maximum absolute atomic E-state index is 12.3. The van der Waals surface area contributed by atoms with Gasteiger partial charge in [-0.1, -0.05) is 0 Å². The Morgan fingerprint density at radius 2 is 2.30 bits per heavy atom. The Kier molecular flexibility index (Phi) is 3.19. The van der Waals surface area contributed by atoms with Crippen LogP contribution in [-0.2, 0) is 4.79 Å². The first kappa shape index (κ1) is 13.1. The molecule has 1 aliphatic carbocycles. The minimum atomic E-state index is -2.90. The van der Waals surface area contributed by atoms with Crippen LogP contribution in [0.1, 0.15) is 19.3 Å². The molecular weight excluding hydrogens is 268 g/mol. The Hall–Kier alpha value is -1.92. The molecule has 1 aromatic rings. The van der Waals surface area contributed by atoms with E-state index in [1.54, 1.807) is 12.1 Å². The number of anilines is 1. The summed E-state index contributed by atoms with van der Waals surface area (Å²) < 4.78 is 28.9. The molecule has 0 atom stereocenters. The normalized spacial score (nSPS) is 28.4. The zero-order valence-corrected chi connectivity index (χ0v) is 10.7. The Morgan fingerprint density at radius 1 is 1.50 bits per heavy atom. The fourth-order valence-corrected chi connectivity index (χ4v) is 2.99. The van der Waals surface area contributed by atoms with Crippen molar-refractivity contribution < 1.29 is 18.3 Å². The summed E-state index contributed by atoms with van der Waals surface area (Å²) in [5.41, 5.74) is 0.176. The lowest BCUT2D eigenvalue weighted by Crippen LogP contribution is -2.49. The molecule has 5 nitrogen and oxygen atoms in total. The van der Waals surface area contributed by atoms with Gasteiger partial charge in [-0.3, -0.25) is 4.79 Å². The van der Waals surface area contributed by atoms with Crippen molar-refractivity contribution in [3.63, 3.8) is 0 Å². The molecular formula is C13H15F2N3O2. The fourth-order valence-electron chi connectivity index (χ4n) is 2.99. The molecule has 0 bridgehead atoms. The molecule has 1 saturated heterocycles. The van der Waals surface area contributed by atoms with E-state index in [9.17, 15) is 13.6 Å². The van der Waals surface area contributed by atoms with E-state index in [1.807, 2.05) is 0 Å². The summed E-state index contributed by atoms with van der Waals surface area (Å²) in [5.74, 6) is -0.00915. The van der Waals surface area contributed by atoms with Crippen molar-refractivity contribution in [1.82, 2.24) is 10.3 Å². The molecule has 7 heteroatoms. The highest BCUT2D eigenvalue weighted by molar-refractivity contribution is 5.86. The lowest BCUT2D eigenvalue weighted by Gasteiger charge is -2.43. The van der Waals surface area contributed by atoms with Crippen LogP contribution in [0.4, 0.5) is 14.5 Å². The van der Waals surface area contributed by atoms with Crippen LogP contribution in [0.5, 0.6) is 5.88 Å². The monoisotopic (exact) mass is 283 g/mol. The van der Waals surface area contributed by atoms with Gasteiger partial charge in [-0.05, 0) is 31.4 Å². The largest absolute Gasteiger partial charge is 0.415 e. The molecule has 20 heavy (non-hydrogen) atoms. The number of rotatable bonds is 4. The lowest BCUT2D eigenvalue weighted by atomic mass is 9.64. The molecule has 1 amide bonds. The van der Waals surface area contributed by atoms with E-state index in [0.717, 1.165) is 13.0 Å². The van der Waals surface area contributed by atoms with Crippen LogP contribution in [0.2, 0.25) is 0 Å². The number of hydrogen-bond donors (Lipinski definition) is 2. The third-order valence-corrected chi connectivity index (χ3v) is 3.98. The van der Waals surface area contributed by atoms with Gasteiger partial charge in [0.05, 0.1) is 11.1 Å². The Bertz CT molecular complexity index is 518. The second-order valence-corrected chi connectivity index (χ2v) is 5.27. The minimum absolute atomic E-state index is 0.0862. The van der Waals surface area contributed by atoms with Gasteiger partial charge in [0.25, 0.3) is 0 Å². The first-order valence-electron chi connectivity index (χ1n) is 6.54. The average Bonchev–Trinajstić information content (AvgIpc) is 2.73. The molecule has 3 rings (SSSR count). The maximum atomic E-state index is 12.3. The molecule has 0 unspecified atom stereocenters. The molecule has 0 aromatic carbocycles. The molecule has 0 radical (unpaired) electrons. The van der Waals surface area contributed by atoms with Gasteiger partial charge in [-0.15, -0.1) is 0 Å². The SMILES string of the molecule is O=C1NCCC12CC(Nc1cccnc1OC(F)F)C2. The average molecular weight is 283 g/mol. The Balaban J connectivity index is 1.64. The molecule has 1 spiro atoms. The van der Waals surface area contributed by atoms with Crippen molar-refractivity contribution in [3.8, 4) is 5.88 Å². The number of aromatic nitrogens is 1. The Morgan fingerprint density at radius 3 is 2.95 bits per heavy atom. The van der Waals surface area contributed by atoms with E-state index in [0.29, 0.717) is 18.5 Å². The van der Waals surface area contributed by atoms with Gasteiger partial charge >= 0.3 is 6.61 Å². The zero-order chi connectivity index (χ0) is 14.2. The number of carbonyl (C=O) groups excluding carboxylic acids is 1. The summed E-state index contributed by atoms with van der Waals surface area (Å²) in [6, 6.07) is 3.38. The third kappa shape index (κ3) is 2.28. The Labute approximate surface area is 114 Å². The number of carbonyl (C=O) groups is 1. The standard InChI is InChI=1S/C13H15F2N3O2/c14-12(15)20-10-9(2-1-4-16-10)18-8-6-13(7-8)3-5-17-11(13)19/h1-2,4,8,12,18H,3,5-7H2,(H,17,19). The molecule has 1 aromatic heterocycles. The minimum Gasteiger partial charge on any atom is -0.415 e. The molecule has 108 valence electrons. The molecule has 2 fully saturated rings. The van der Waals surface area contributed by atoms with Crippen molar-refractivity contribution in [2.75, 3.05) is 11.9 Å². The number of nitrogens with one attached hydrogen (secondary N) is 2. The first-order valence-corrected chi connectivity index (χ1v) is 6.54. The van der Waals surface area contributed by atoms with Crippen molar-refractivity contribution in [1.29, 1.82) is 0 Å². The van der Waals surface area contributed by atoms with E-state index in [2.05, 4.69) is 20.4 Å². The van der Waals surface area contributed by atoms with Gasteiger partial charge in [0.2, 0.25) is 11.8 Å². The van der Waals surface area contributed by atoms with E-state index >= 15 is 0 Å². The molecule has 2 N–H and O–H groups in total. The van der Waals surface area contributed by atoms with Crippen molar-refractivity contribution in [2.45, 2.75) is 31.9 Å². The second kappa shape index (κ2) is 4.88. The van der Waals surface area contributed by atoms with E-state index in [4.69, 9.17) is 0 Å². The first-order chi connectivity index (χ1) is 9.59. The number of pyridine rings is 1. The predicted molar refractivity (Wildman–Crippen MR) is 67.6 cm³/mol. The van der Waals surface area contributed by atoms with Crippen molar-refractivity contribution in [2.24, 2.45) is 5.41 Å². The molecule has 2 aliphatic rings. The van der Waals surface area contributed by atoms with Gasteiger partial charge in [0, 0.05) is 18.8 Å². The van der Waals surface area contributed by atoms with Crippen LogP contribution in [0.3, 0.4) is 0 Å². The van der Waals surface area contributed by atoms with E-state index < -0.39 is 6.61 Å². The number of hydrogen-bond acceptors (Lipinski definition) is 4. The van der Waals surface area contributed by atoms with Gasteiger partial charge in [-0.2, -0.15) is 8.78 Å². The number of halogens is 2. The number of alkyl halides is 2. The van der Waals surface area contributed by atoms with Gasteiger partial charge in [0.1, 0.15) is 0 Å². The summed E-state index contributed by atoms with van der Waals surface area (Å²) in [6.07, 6.45) is 3.66. The summed E-state index contributed by atoms with van der Waals surface area (Å²) in [7, 11) is 0. The van der Waals surface area contributed by atoms with Crippen molar-refractivity contribution in [3.05, 3.63) is 18.3 Å². The third-order valence-electron chi connectivity index (χ3n) is 3.98. The van der Waals surface area contributed by atoms with Crippen LogP contribution in [-0.4, -0.2) is 30.1 Å². The summed E-state index contributed by atoms with van der Waals surface area (Å²) >= 11 is 0. The highest BCUT2D eigenvalue weighted by atomic mass is 19.3. The highest BCUT2D eigenvalue weighted by Gasteiger charge is 2.52. The number of ether oxygens (including phenoxy) is 1. The molecule has 2 heterocycles. The highest BCUT2D eigenvalue weighted by Crippen LogP contribution is 2.48. The van der Waals surface area contributed by atoms with Crippen molar-refractivity contribution >= 4 is 11.6 Å². The van der Waals surface area contributed by atoms with E-state index in [-0.39, 0.29) is 23.2 Å². The van der Waals surface area contributed by atoms with Gasteiger partial charge in [0.15, 0.2) is 0 Å². The van der Waals surface area contributed by atoms with Crippen LogP contribution < -0.4 is 15.4 Å². The lowest BCUT2D eigenvalue weighted by molar-refractivity contribution is -0.132. The van der Waals surface area contributed by atoms with Gasteiger partial charge in [-0.25, -0.2) is 4.98 Å². The van der Waals surface area contributed by atoms with Crippen LogP contribution >= 0.6 is 0 Å².